The smallest absolute Gasteiger partial charge is 0.444 e. The second-order valence-corrected chi connectivity index (χ2v) is 8.09. The Kier molecular flexibility index (Phi) is 7.12. The topological polar surface area (TPSA) is 140 Å². The lowest BCUT2D eigenvalue weighted by Crippen LogP contribution is -2.47. The molecule has 0 radical (unpaired) electrons. The molecule has 0 aromatic heterocycles. The molecule has 0 saturated carbocycles. The van der Waals surface area contributed by atoms with Gasteiger partial charge in [-0.1, -0.05) is 17.3 Å². The number of amides is 1. The number of halogens is 3. The molecule has 0 saturated heterocycles. The van der Waals surface area contributed by atoms with Crippen LogP contribution in [0.2, 0.25) is 0 Å². The minimum Gasteiger partial charge on any atom is -0.444 e. The zero-order chi connectivity index (χ0) is 21.8. The number of nitrogens with one attached hydrogen (secondary N) is 1. The van der Waals surface area contributed by atoms with Crippen LogP contribution in [-0.4, -0.2) is 42.7 Å². The monoisotopic (exact) mass is 427 g/mol. The predicted molar refractivity (Wildman–Crippen MR) is 92.3 cm³/mol. The van der Waals surface area contributed by atoms with Crippen molar-refractivity contribution < 1.29 is 40.5 Å². The van der Waals surface area contributed by atoms with Crippen LogP contribution < -0.4 is 15.2 Å². The van der Waals surface area contributed by atoms with Gasteiger partial charge < -0.3 is 25.2 Å². The van der Waals surface area contributed by atoms with Gasteiger partial charge in [0.15, 0.2) is 5.84 Å². The minimum atomic E-state index is -5.78. The Hall–Kier alpha value is -2.70. The van der Waals surface area contributed by atoms with Crippen molar-refractivity contribution >= 4 is 22.0 Å². The lowest BCUT2D eigenvalue weighted by atomic mass is 10.1. The average Bonchev–Trinajstić information content (AvgIpc) is 2.52. The molecule has 13 heteroatoms. The molecular formula is C15H20F3N3O6S. The van der Waals surface area contributed by atoms with E-state index in [9.17, 15) is 26.4 Å². The van der Waals surface area contributed by atoms with E-state index in [-0.39, 0.29) is 12.3 Å². The van der Waals surface area contributed by atoms with E-state index in [2.05, 4.69) is 14.7 Å². The van der Waals surface area contributed by atoms with E-state index in [1.807, 2.05) is 0 Å². The Morgan fingerprint density at radius 2 is 1.79 bits per heavy atom. The molecule has 0 spiro atoms. The average molecular weight is 427 g/mol. The number of alkyl halides is 3. The molecule has 1 aromatic rings. The van der Waals surface area contributed by atoms with Gasteiger partial charge >= 0.3 is 21.7 Å². The Balaban J connectivity index is 2.89. The van der Waals surface area contributed by atoms with E-state index in [0.29, 0.717) is 5.56 Å². The van der Waals surface area contributed by atoms with Crippen LogP contribution in [0.1, 0.15) is 26.3 Å². The summed E-state index contributed by atoms with van der Waals surface area (Å²) in [5.41, 5.74) is -0.385. The summed E-state index contributed by atoms with van der Waals surface area (Å²) in [6, 6.07) is 3.52. The Morgan fingerprint density at radius 3 is 2.21 bits per heavy atom. The van der Waals surface area contributed by atoms with Crippen molar-refractivity contribution in [1.29, 1.82) is 0 Å². The molecular weight excluding hydrogens is 407 g/mol. The number of hydrogen-bond acceptors (Lipinski definition) is 7. The maximum atomic E-state index is 12.3. The third kappa shape index (κ3) is 7.13. The number of oxime groups is 1. The molecule has 9 nitrogen and oxygen atoms in total. The molecule has 0 aliphatic heterocycles. The summed E-state index contributed by atoms with van der Waals surface area (Å²) >= 11 is 0. The molecule has 0 unspecified atom stereocenters. The first kappa shape index (κ1) is 23.3. The third-order valence-electron chi connectivity index (χ3n) is 3.02. The van der Waals surface area contributed by atoms with Crippen LogP contribution in [0.5, 0.6) is 5.75 Å². The molecule has 0 aliphatic rings. The van der Waals surface area contributed by atoms with Gasteiger partial charge in [0.25, 0.3) is 0 Å². The molecule has 0 heterocycles. The Morgan fingerprint density at radius 1 is 1.25 bits per heavy atom. The first-order valence-electron chi connectivity index (χ1n) is 7.71. The molecule has 0 aliphatic carbocycles. The molecule has 4 N–H and O–H groups in total. The second kappa shape index (κ2) is 8.54. The van der Waals surface area contributed by atoms with Crippen LogP contribution in [0.3, 0.4) is 0 Å². The second-order valence-electron chi connectivity index (χ2n) is 6.55. The normalized spacial score (nSPS) is 14.3. The lowest BCUT2D eigenvalue weighted by Gasteiger charge is -2.23. The van der Waals surface area contributed by atoms with Crippen LogP contribution >= 0.6 is 0 Å². The highest BCUT2D eigenvalue weighted by Crippen LogP contribution is 2.27. The lowest BCUT2D eigenvalue weighted by molar-refractivity contribution is -0.0500. The largest absolute Gasteiger partial charge is 0.534 e. The van der Waals surface area contributed by atoms with E-state index in [4.69, 9.17) is 15.7 Å². The number of alkyl carbamates (subject to hydrolysis) is 1. The van der Waals surface area contributed by atoms with Crippen molar-refractivity contribution in [2.75, 3.05) is 0 Å². The summed E-state index contributed by atoms with van der Waals surface area (Å²) in [6.45, 7) is 4.91. The maximum Gasteiger partial charge on any atom is 0.534 e. The van der Waals surface area contributed by atoms with E-state index in [1.54, 1.807) is 20.8 Å². The highest BCUT2D eigenvalue weighted by molar-refractivity contribution is 7.88. The van der Waals surface area contributed by atoms with Gasteiger partial charge in [0.05, 0.1) is 6.04 Å². The molecule has 1 amide bonds. The van der Waals surface area contributed by atoms with Gasteiger partial charge in [-0.25, -0.2) is 4.79 Å². The summed E-state index contributed by atoms with van der Waals surface area (Å²) in [4.78, 5) is 11.9. The summed E-state index contributed by atoms with van der Waals surface area (Å²) < 4.78 is 68.0. The van der Waals surface area contributed by atoms with Crippen molar-refractivity contribution in [1.82, 2.24) is 5.32 Å². The summed E-state index contributed by atoms with van der Waals surface area (Å²) in [7, 11) is -5.78. The number of hydrogen-bond donors (Lipinski definition) is 3. The van der Waals surface area contributed by atoms with Crippen LogP contribution in [0, 0.1) is 0 Å². The fraction of sp³-hybridized carbons (Fsp3) is 0.467. The van der Waals surface area contributed by atoms with Crippen LogP contribution in [-0.2, 0) is 21.3 Å². The molecule has 158 valence electrons. The van der Waals surface area contributed by atoms with E-state index < -0.39 is 39.1 Å². The number of rotatable bonds is 6. The van der Waals surface area contributed by atoms with Gasteiger partial charge in [0, 0.05) is 6.42 Å². The summed E-state index contributed by atoms with van der Waals surface area (Å²) in [5.74, 6) is -0.896. The number of benzene rings is 1. The van der Waals surface area contributed by atoms with Gasteiger partial charge in [0.2, 0.25) is 0 Å². The number of ether oxygens (including phenoxy) is 1. The number of carbonyl (C=O) groups excluding carboxylic acids is 1. The third-order valence-corrected chi connectivity index (χ3v) is 3.99. The van der Waals surface area contributed by atoms with Crippen LogP contribution in [0.15, 0.2) is 29.4 Å². The number of nitrogens with zero attached hydrogens (tertiary/aromatic N) is 1. The predicted octanol–water partition coefficient (Wildman–Crippen LogP) is 2.10. The van der Waals surface area contributed by atoms with E-state index in [1.165, 1.54) is 12.1 Å². The zero-order valence-corrected chi connectivity index (χ0v) is 16.0. The Bertz CT molecular complexity index is 817. The molecule has 28 heavy (non-hydrogen) atoms. The van der Waals surface area contributed by atoms with Gasteiger partial charge in [-0.15, -0.1) is 0 Å². The molecule has 0 bridgehead atoms. The number of amidine groups is 1. The van der Waals surface area contributed by atoms with Crippen molar-refractivity contribution in [3.63, 3.8) is 0 Å². The molecule has 1 atom stereocenters. The zero-order valence-electron chi connectivity index (χ0n) is 15.1. The van der Waals surface area contributed by atoms with Gasteiger partial charge in [0.1, 0.15) is 11.4 Å². The first-order chi connectivity index (χ1) is 12.6. The Labute approximate surface area is 159 Å². The maximum absolute atomic E-state index is 12.3. The summed E-state index contributed by atoms with van der Waals surface area (Å²) in [5, 5.41) is 14.1. The van der Waals surface area contributed by atoms with E-state index in [0.717, 1.165) is 12.1 Å². The van der Waals surface area contributed by atoms with Gasteiger partial charge in [-0.2, -0.15) is 21.6 Å². The van der Waals surface area contributed by atoms with E-state index >= 15 is 0 Å². The highest BCUT2D eigenvalue weighted by Gasteiger charge is 2.48. The quantitative estimate of drug-likeness (QED) is 0.158. The molecule has 1 aromatic carbocycles. The van der Waals surface area contributed by atoms with Gasteiger partial charge in [-0.05, 0) is 38.5 Å². The van der Waals surface area contributed by atoms with Gasteiger partial charge in [-0.3, -0.25) is 0 Å². The minimum absolute atomic E-state index is 0.0264. The standard InChI is InChI=1S/C15H20F3N3O6S/c1-14(2,3)26-13(22)20-11(12(19)21-23)8-9-4-6-10(7-5-9)27-28(24,25)15(16,17)18/h4-7,11,23H,8H2,1-3H3,(H2,19,21)(H,20,22)/t11-/m0/s1. The van der Waals surface area contributed by atoms with Crippen molar-refractivity contribution in [2.45, 2.75) is 44.3 Å². The first-order valence-corrected chi connectivity index (χ1v) is 9.12. The fourth-order valence-corrected chi connectivity index (χ4v) is 2.30. The summed E-state index contributed by atoms with van der Waals surface area (Å²) in [6.07, 6.45) is -0.859. The SMILES string of the molecule is CC(C)(C)OC(=O)N[C@@H](Cc1ccc(OS(=O)(=O)C(F)(F)F)cc1)/C(N)=N/O. The van der Waals surface area contributed by atoms with Crippen LogP contribution in [0.4, 0.5) is 18.0 Å². The molecule has 0 fully saturated rings. The van der Waals surface area contributed by atoms with Crippen molar-refractivity contribution in [2.24, 2.45) is 10.9 Å². The number of nitrogens with two attached hydrogens (primary N) is 1. The van der Waals surface area contributed by atoms with Crippen molar-refractivity contribution in [3.05, 3.63) is 29.8 Å². The van der Waals surface area contributed by atoms with Crippen LogP contribution in [0.25, 0.3) is 0 Å². The fourth-order valence-electron chi connectivity index (χ4n) is 1.84. The highest BCUT2D eigenvalue weighted by atomic mass is 32.2. The molecule has 1 rings (SSSR count). The van der Waals surface area contributed by atoms with Crippen molar-refractivity contribution in [3.8, 4) is 5.75 Å². The number of carbonyl (C=O) groups is 1.